The maximum Gasteiger partial charge on any atom is 0.343 e. The highest BCUT2D eigenvalue weighted by Gasteiger charge is 2.12. The third kappa shape index (κ3) is 3.61. The van der Waals surface area contributed by atoms with Crippen LogP contribution in [-0.2, 0) is 0 Å². The molecule has 0 bridgehead atoms. The summed E-state index contributed by atoms with van der Waals surface area (Å²) in [5, 5.41) is 8.91. The number of nitrogens with zero attached hydrogens (tertiary/aromatic N) is 4. The van der Waals surface area contributed by atoms with Gasteiger partial charge in [-0.3, -0.25) is 0 Å². The van der Waals surface area contributed by atoms with Gasteiger partial charge in [0.15, 0.2) is 5.58 Å². The van der Waals surface area contributed by atoms with Crippen molar-refractivity contribution in [3.8, 4) is 22.9 Å². The molecule has 0 aliphatic heterocycles. The molecule has 0 saturated heterocycles. The Bertz CT molecular complexity index is 1530. The van der Waals surface area contributed by atoms with Gasteiger partial charge in [-0.25, -0.2) is 9.78 Å². The first-order valence-corrected chi connectivity index (χ1v) is 10.3. The molecule has 0 N–H and O–H groups in total. The maximum atomic E-state index is 12.6. The molecule has 0 unspecified atom stereocenters. The van der Waals surface area contributed by atoms with Gasteiger partial charge in [-0.1, -0.05) is 24.3 Å². The highest BCUT2D eigenvalue weighted by molar-refractivity contribution is 5.91. The number of carbonyl (C=O) groups is 1. The molecule has 0 aliphatic carbocycles. The van der Waals surface area contributed by atoms with E-state index in [1.165, 1.54) is 0 Å². The Hall–Kier alpha value is -4.78. The topological polar surface area (TPSA) is 83.0 Å². The van der Waals surface area contributed by atoms with Gasteiger partial charge in [0.2, 0.25) is 5.89 Å². The maximum absolute atomic E-state index is 12.6. The largest absolute Gasteiger partial charge is 0.436 e. The number of rotatable bonds is 4. The quantitative estimate of drug-likeness (QED) is 0.272. The summed E-state index contributed by atoms with van der Waals surface area (Å²) in [7, 11) is 0. The lowest BCUT2D eigenvalue weighted by molar-refractivity contribution is 0.0735. The number of oxazole rings is 1. The van der Waals surface area contributed by atoms with E-state index in [0.29, 0.717) is 17.2 Å². The normalized spacial score (nSPS) is 11.2. The summed E-state index contributed by atoms with van der Waals surface area (Å²) in [5.41, 5.74) is 5.12. The first-order valence-electron chi connectivity index (χ1n) is 10.3. The Morgan fingerprint density at radius 3 is 2.03 bits per heavy atom. The number of ether oxygens (including phenoxy) is 1. The molecule has 0 amide bonds. The monoisotopic (exact) mass is 432 g/mol. The first kappa shape index (κ1) is 18.9. The van der Waals surface area contributed by atoms with Crippen molar-refractivity contribution in [1.29, 1.82) is 0 Å². The molecule has 7 heteroatoms. The fourth-order valence-electron chi connectivity index (χ4n) is 3.53. The van der Waals surface area contributed by atoms with Crippen LogP contribution in [0.25, 0.3) is 39.3 Å². The molecule has 158 valence electrons. The highest BCUT2D eigenvalue weighted by atomic mass is 16.5. The summed E-state index contributed by atoms with van der Waals surface area (Å²) >= 11 is 0. The van der Waals surface area contributed by atoms with Crippen molar-refractivity contribution in [2.75, 3.05) is 0 Å². The molecule has 0 spiro atoms. The number of carbonyl (C=O) groups excluding carboxylic acids is 1. The Morgan fingerprint density at radius 2 is 1.36 bits per heavy atom. The molecular formula is C26H16N4O3. The summed E-state index contributed by atoms with van der Waals surface area (Å²) in [5.74, 6) is 0.491. The van der Waals surface area contributed by atoms with Gasteiger partial charge in [0.05, 0.1) is 11.3 Å². The highest BCUT2D eigenvalue weighted by Crippen LogP contribution is 2.25. The number of benzene rings is 4. The zero-order chi connectivity index (χ0) is 22.2. The number of hydrogen-bond donors (Lipinski definition) is 0. The van der Waals surface area contributed by atoms with Crippen molar-refractivity contribution in [3.05, 3.63) is 103 Å². The summed E-state index contributed by atoms with van der Waals surface area (Å²) < 4.78 is 11.3. The molecule has 7 nitrogen and oxygen atoms in total. The lowest BCUT2D eigenvalue weighted by Crippen LogP contribution is -2.08. The van der Waals surface area contributed by atoms with E-state index in [9.17, 15) is 4.79 Å². The van der Waals surface area contributed by atoms with Crippen LogP contribution in [0.1, 0.15) is 10.4 Å². The third-order valence-corrected chi connectivity index (χ3v) is 5.23. The molecule has 2 aromatic heterocycles. The predicted molar refractivity (Wildman–Crippen MR) is 123 cm³/mol. The van der Waals surface area contributed by atoms with Gasteiger partial charge in [-0.2, -0.15) is 4.80 Å². The molecule has 33 heavy (non-hydrogen) atoms. The van der Waals surface area contributed by atoms with E-state index in [0.717, 1.165) is 33.4 Å². The number of aromatic nitrogens is 4. The zero-order valence-corrected chi connectivity index (χ0v) is 17.3. The molecule has 6 aromatic rings. The molecule has 0 aliphatic rings. The van der Waals surface area contributed by atoms with E-state index in [4.69, 9.17) is 9.15 Å². The third-order valence-electron chi connectivity index (χ3n) is 5.23. The van der Waals surface area contributed by atoms with E-state index in [-0.39, 0.29) is 0 Å². The number of fused-ring (bicyclic) bond motifs is 2. The van der Waals surface area contributed by atoms with Crippen LogP contribution in [0.4, 0.5) is 0 Å². The summed E-state index contributed by atoms with van der Waals surface area (Å²) in [4.78, 5) is 18.6. The molecule has 6 rings (SSSR count). The van der Waals surface area contributed by atoms with Crippen LogP contribution in [0.5, 0.6) is 5.75 Å². The summed E-state index contributed by atoms with van der Waals surface area (Å²) in [6, 6.07) is 29.2. The zero-order valence-electron chi connectivity index (χ0n) is 17.3. The minimum atomic E-state index is -0.449. The molecule has 0 radical (unpaired) electrons. The van der Waals surface area contributed by atoms with Crippen LogP contribution in [0.3, 0.4) is 0 Å². The number of esters is 1. The molecule has 0 atom stereocenters. The van der Waals surface area contributed by atoms with Gasteiger partial charge in [0.1, 0.15) is 22.3 Å². The van der Waals surface area contributed by atoms with Crippen molar-refractivity contribution >= 4 is 28.1 Å². The second-order valence-corrected chi connectivity index (χ2v) is 7.43. The van der Waals surface area contributed by atoms with Gasteiger partial charge in [0.25, 0.3) is 0 Å². The van der Waals surface area contributed by atoms with Gasteiger partial charge >= 0.3 is 5.97 Å². The number of para-hydroxylation sites is 2. The average Bonchev–Trinajstić information content (AvgIpc) is 3.49. The van der Waals surface area contributed by atoms with Gasteiger partial charge in [-0.05, 0) is 72.8 Å². The fourth-order valence-corrected chi connectivity index (χ4v) is 3.53. The van der Waals surface area contributed by atoms with E-state index >= 15 is 0 Å². The van der Waals surface area contributed by atoms with Crippen LogP contribution in [0, 0.1) is 0 Å². The molecular weight excluding hydrogens is 416 g/mol. The SMILES string of the molecule is O=C(Oc1ccc(-n2nc3ccccc3n2)cc1)c1ccc(-c2nc3ccccc3o2)cc1. The number of hydrogen-bond acceptors (Lipinski definition) is 6. The van der Waals surface area contributed by atoms with Crippen LogP contribution in [0.2, 0.25) is 0 Å². The Balaban J connectivity index is 1.17. The second kappa shape index (κ2) is 7.72. The van der Waals surface area contributed by atoms with Gasteiger partial charge < -0.3 is 9.15 Å². The minimum Gasteiger partial charge on any atom is -0.436 e. The van der Waals surface area contributed by atoms with Crippen molar-refractivity contribution < 1.29 is 13.9 Å². The van der Waals surface area contributed by atoms with Crippen molar-refractivity contribution in [2.24, 2.45) is 0 Å². The Kier molecular flexibility index (Phi) is 4.43. The van der Waals surface area contributed by atoms with Gasteiger partial charge in [-0.15, -0.1) is 10.2 Å². The predicted octanol–water partition coefficient (Wildman–Crippen LogP) is 5.45. The van der Waals surface area contributed by atoms with Crippen molar-refractivity contribution in [2.45, 2.75) is 0 Å². The van der Waals surface area contributed by atoms with Crippen molar-refractivity contribution in [1.82, 2.24) is 20.0 Å². The minimum absolute atomic E-state index is 0.430. The Labute approximate surface area is 187 Å². The smallest absolute Gasteiger partial charge is 0.343 e. The average molecular weight is 432 g/mol. The van der Waals surface area contributed by atoms with Crippen LogP contribution < -0.4 is 4.74 Å². The van der Waals surface area contributed by atoms with E-state index in [1.54, 1.807) is 53.3 Å². The lowest BCUT2D eigenvalue weighted by atomic mass is 10.1. The standard InChI is InChI=1S/C26H16N4O3/c31-26(18-11-9-17(10-12-18)25-27-23-7-3-4-8-24(23)33-25)32-20-15-13-19(14-16-20)30-28-21-5-1-2-6-22(21)29-30/h1-16H. The lowest BCUT2D eigenvalue weighted by Gasteiger charge is -2.06. The second-order valence-electron chi connectivity index (χ2n) is 7.43. The van der Waals surface area contributed by atoms with Crippen LogP contribution in [0.15, 0.2) is 101 Å². The van der Waals surface area contributed by atoms with E-state index < -0.39 is 5.97 Å². The molecule has 0 fully saturated rings. The van der Waals surface area contributed by atoms with E-state index in [2.05, 4.69) is 15.2 Å². The van der Waals surface area contributed by atoms with E-state index in [1.807, 2.05) is 48.5 Å². The van der Waals surface area contributed by atoms with Gasteiger partial charge in [0, 0.05) is 5.56 Å². The summed E-state index contributed by atoms with van der Waals surface area (Å²) in [6.07, 6.45) is 0. The molecule has 2 heterocycles. The van der Waals surface area contributed by atoms with Crippen LogP contribution in [-0.4, -0.2) is 25.9 Å². The first-order chi connectivity index (χ1) is 16.2. The summed E-state index contributed by atoms with van der Waals surface area (Å²) in [6.45, 7) is 0. The molecule has 4 aromatic carbocycles. The fraction of sp³-hybridized carbons (Fsp3) is 0. The van der Waals surface area contributed by atoms with Crippen LogP contribution >= 0.6 is 0 Å². The molecule has 0 saturated carbocycles. The van der Waals surface area contributed by atoms with Crippen molar-refractivity contribution in [3.63, 3.8) is 0 Å². The Morgan fingerprint density at radius 1 is 0.727 bits per heavy atom.